The van der Waals surface area contributed by atoms with Gasteiger partial charge in [-0.25, -0.2) is 22.4 Å². The van der Waals surface area contributed by atoms with E-state index in [1.165, 1.54) is 25.3 Å². The predicted molar refractivity (Wildman–Crippen MR) is 103 cm³/mol. The molecule has 0 aliphatic rings. The van der Waals surface area contributed by atoms with Crippen LogP contribution >= 0.6 is 15.9 Å². The van der Waals surface area contributed by atoms with Crippen molar-refractivity contribution < 1.29 is 27.4 Å². The van der Waals surface area contributed by atoms with E-state index in [0.717, 1.165) is 0 Å². The summed E-state index contributed by atoms with van der Waals surface area (Å²) in [6.45, 7) is 0.419. The first-order chi connectivity index (χ1) is 13.4. The van der Waals surface area contributed by atoms with Crippen LogP contribution in [0.2, 0.25) is 0 Å². The van der Waals surface area contributed by atoms with Gasteiger partial charge >= 0.3 is 0 Å². The number of hydroxylamine groups is 1. The number of benzene rings is 1. The molecule has 0 unspecified atom stereocenters. The number of amidine groups is 1. The molecule has 3 N–H and O–H groups in total. The van der Waals surface area contributed by atoms with Crippen LogP contribution in [0.4, 0.5) is 15.9 Å². The average molecular weight is 480 g/mol. The van der Waals surface area contributed by atoms with E-state index >= 15 is 0 Å². The second kappa shape index (κ2) is 10.5. The summed E-state index contributed by atoms with van der Waals surface area (Å²) in [6, 6.07) is 4.03. The molecular weight excluding hydrogens is 461 g/mol. The topological polar surface area (TPSA) is 139 Å². The van der Waals surface area contributed by atoms with Crippen LogP contribution in [0, 0.1) is 5.82 Å². The van der Waals surface area contributed by atoms with Gasteiger partial charge in [-0.3, -0.25) is 10.7 Å². The molecule has 0 saturated carbocycles. The van der Waals surface area contributed by atoms with Gasteiger partial charge in [0.15, 0.2) is 21.4 Å². The molecule has 1 heterocycles. The van der Waals surface area contributed by atoms with Crippen molar-refractivity contribution in [1.29, 1.82) is 0 Å². The van der Waals surface area contributed by atoms with Gasteiger partial charge in [0.05, 0.1) is 28.3 Å². The lowest BCUT2D eigenvalue weighted by molar-refractivity contribution is 0.217. The Morgan fingerprint density at radius 3 is 2.86 bits per heavy atom. The van der Waals surface area contributed by atoms with E-state index in [-0.39, 0.29) is 46.5 Å². The minimum atomic E-state index is -3.20. The number of hydrogen-bond donors (Lipinski definition) is 3. The van der Waals surface area contributed by atoms with Gasteiger partial charge in [-0.2, -0.15) is 0 Å². The number of hydrogen-bond acceptors (Lipinski definition) is 9. The van der Waals surface area contributed by atoms with Gasteiger partial charge in [-0.1, -0.05) is 0 Å². The number of nitrogens with one attached hydrogen (secondary N) is 2. The van der Waals surface area contributed by atoms with Gasteiger partial charge < -0.3 is 10.1 Å². The van der Waals surface area contributed by atoms with Crippen LogP contribution in [-0.4, -0.2) is 61.5 Å². The molecule has 2 rings (SSSR count). The molecule has 154 valence electrons. The fraction of sp³-hybridized carbons (Fsp3) is 0.400. The van der Waals surface area contributed by atoms with Crippen molar-refractivity contribution >= 4 is 43.1 Å². The van der Waals surface area contributed by atoms with Crippen molar-refractivity contribution in [3.63, 3.8) is 0 Å². The van der Waals surface area contributed by atoms with Crippen molar-refractivity contribution in [1.82, 2.24) is 15.8 Å². The molecule has 0 bridgehead atoms. The standard InChI is InChI=1S/C15H19BrFN5O5S/c1-26-6-8-28(24,25)7-2-5-18-14-13(21-27-22-14)15(20-23)19-10-3-4-12(17)11(16)9-10/h3-4,9,23H,2,5-8H2,1H3,(H,18,22)(H,19,20). The lowest BCUT2D eigenvalue weighted by Crippen LogP contribution is -2.22. The lowest BCUT2D eigenvalue weighted by atomic mass is 10.3. The number of anilines is 1. The van der Waals surface area contributed by atoms with Gasteiger partial charge in [0.1, 0.15) is 5.82 Å². The van der Waals surface area contributed by atoms with E-state index in [9.17, 15) is 18.0 Å². The molecule has 0 aliphatic heterocycles. The van der Waals surface area contributed by atoms with Gasteiger partial charge in [0.2, 0.25) is 5.82 Å². The van der Waals surface area contributed by atoms with Gasteiger partial charge in [0, 0.05) is 13.7 Å². The first-order valence-corrected chi connectivity index (χ1v) is 10.7. The van der Waals surface area contributed by atoms with Gasteiger partial charge in [-0.15, -0.1) is 0 Å². The number of halogens is 2. The molecule has 0 spiro atoms. The molecule has 0 aliphatic carbocycles. The molecule has 0 fully saturated rings. The molecule has 1 aromatic heterocycles. The molecular formula is C15H19BrFN5O5S. The summed E-state index contributed by atoms with van der Waals surface area (Å²) in [5, 5.41) is 19.6. The highest BCUT2D eigenvalue weighted by Gasteiger charge is 2.17. The summed E-state index contributed by atoms with van der Waals surface area (Å²) < 4.78 is 46.5. The number of ether oxygens (including phenoxy) is 1. The second-order valence-electron chi connectivity index (χ2n) is 5.56. The van der Waals surface area contributed by atoms with Crippen molar-refractivity contribution in [2.24, 2.45) is 4.99 Å². The van der Waals surface area contributed by atoms with Crippen LogP contribution < -0.4 is 10.8 Å². The highest BCUT2D eigenvalue weighted by atomic mass is 79.9. The van der Waals surface area contributed by atoms with Crippen molar-refractivity contribution in [3.05, 3.63) is 34.2 Å². The summed E-state index contributed by atoms with van der Waals surface area (Å²) >= 11 is 3.05. The smallest absolute Gasteiger partial charge is 0.202 e. The Balaban J connectivity index is 2.03. The van der Waals surface area contributed by atoms with Crippen molar-refractivity contribution in [2.45, 2.75) is 6.42 Å². The molecule has 0 atom stereocenters. The number of rotatable bonds is 10. The zero-order valence-corrected chi connectivity index (χ0v) is 17.3. The number of nitrogens with zero attached hydrogens (tertiary/aromatic N) is 3. The molecule has 0 amide bonds. The number of aromatic nitrogens is 2. The maximum atomic E-state index is 13.3. The zero-order valence-electron chi connectivity index (χ0n) is 14.9. The Bertz CT molecular complexity index is 921. The van der Waals surface area contributed by atoms with E-state index in [0.29, 0.717) is 12.1 Å². The predicted octanol–water partition coefficient (Wildman–Crippen LogP) is 1.89. The normalized spacial score (nSPS) is 12.2. The maximum Gasteiger partial charge on any atom is 0.202 e. The van der Waals surface area contributed by atoms with Crippen LogP contribution in [0.3, 0.4) is 0 Å². The number of methoxy groups -OCH3 is 1. The first-order valence-electron chi connectivity index (χ1n) is 8.06. The Morgan fingerprint density at radius 1 is 1.39 bits per heavy atom. The minimum absolute atomic E-state index is 0.0211. The Kier molecular flexibility index (Phi) is 8.29. The third-order valence-corrected chi connectivity index (χ3v) is 5.79. The zero-order chi connectivity index (χ0) is 20.6. The highest BCUT2D eigenvalue weighted by molar-refractivity contribution is 9.10. The Labute approximate surface area is 169 Å². The van der Waals surface area contributed by atoms with E-state index in [1.807, 2.05) is 5.48 Å². The van der Waals surface area contributed by atoms with Crippen molar-refractivity contribution in [2.75, 3.05) is 37.1 Å². The molecule has 0 radical (unpaired) electrons. The number of sulfone groups is 1. The Hall–Kier alpha value is -2.09. The van der Waals surface area contributed by atoms with Crippen LogP contribution in [0.5, 0.6) is 0 Å². The minimum Gasteiger partial charge on any atom is -0.384 e. The number of aliphatic imine (C=N–C) groups is 1. The molecule has 13 heteroatoms. The molecule has 28 heavy (non-hydrogen) atoms. The first kappa shape index (κ1) is 22.2. The van der Waals surface area contributed by atoms with Crippen LogP contribution in [0.1, 0.15) is 12.1 Å². The quantitative estimate of drug-likeness (QED) is 0.201. The fourth-order valence-corrected chi connectivity index (χ4v) is 3.66. The highest BCUT2D eigenvalue weighted by Crippen LogP contribution is 2.23. The van der Waals surface area contributed by atoms with E-state index in [4.69, 9.17) is 4.74 Å². The molecule has 1 aromatic carbocycles. The molecule has 2 aromatic rings. The Morgan fingerprint density at radius 2 is 2.18 bits per heavy atom. The monoisotopic (exact) mass is 479 g/mol. The lowest BCUT2D eigenvalue weighted by Gasteiger charge is -2.07. The summed E-state index contributed by atoms with van der Waals surface area (Å²) in [7, 11) is -1.76. The maximum absolute atomic E-state index is 13.3. The van der Waals surface area contributed by atoms with E-state index < -0.39 is 15.7 Å². The fourth-order valence-electron chi connectivity index (χ4n) is 2.09. The SMILES string of the molecule is COCCS(=O)(=O)CCCNc1nonc1C(=Nc1ccc(F)c(Br)c1)NO. The third kappa shape index (κ3) is 6.51. The molecule has 10 nitrogen and oxygen atoms in total. The second-order valence-corrected chi connectivity index (χ2v) is 8.71. The van der Waals surface area contributed by atoms with Gasteiger partial charge in [-0.05, 0) is 50.9 Å². The summed E-state index contributed by atoms with van der Waals surface area (Å²) in [5.74, 6) is -0.444. The molecule has 0 saturated heterocycles. The van der Waals surface area contributed by atoms with E-state index in [2.05, 4.69) is 41.2 Å². The largest absolute Gasteiger partial charge is 0.384 e. The summed E-state index contributed by atoms with van der Waals surface area (Å²) in [4.78, 5) is 4.13. The van der Waals surface area contributed by atoms with Gasteiger partial charge in [0.25, 0.3) is 0 Å². The van der Waals surface area contributed by atoms with Crippen molar-refractivity contribution in [3.8, 4) is 0 Å². The van der Waals surface area contributed by atoms with Crippen LogP contribution in [0.15, 0.2) is 32.3 Å². The van der Waals surface area contributed by atoms with Crippen LogP contribution in [-0.2, 0) is 14.6 Å². The third-order valence-electron chi connectivity index (χ3n) is 3.49. The summed E-state index contributed by atoms with van der Waals surface area (Å²) in [6.07, 6.45) is 0.322. The summed E-state index contributed by atoms with van der Waals surface area (Å²) in [5.41, 5.74) is 2.30. The van der Waals surface area contributed by atoms with Crippen LogP contribution in [0.25, 0.3) is 0 Å². The van der Waals surface area contributed by atoms with E-state index in [1.54, 1.807) is 0 Å². The average Bonchev–Trinajstić information content (AvgIpc) is 3.13.